The lowest BCUT2D eigenvalue weighted by atomic mass is 10.2. The maximum absolute atomic E-state index is 12.3. The third kappa shape index (κ3) is 3.98. The van der Waals surface area contributed by atoms with Crippen LogP contribution in [-0.2, 0) is 4.79 Å². The van der Waals surface area contributed by atoms with E-state index in [4.69, 9.17) is 20.8 Å². The Morgan fingerprint density at radius 1 is 1.14 bits per heavy atom. The van der Waals surface area contributed by atoms with Crippen molar-refractivity contribution in [1.29, 1.82) is 0 Å². The molecule has 28 heavy (non-hydrogen) atoms. The summed E-state index contributed by atoms with van der Waals surface area (Å²) in [6.45, 7) is 0. The van der Waals surface area contributed by atoms with E-state index in [1.165, 1.54) is 11.8 Å². The van der Waals surface area contributed by atoms with E-state index in [0.717, 1.165) is 5.56 Å². The second kappa shape index (κ2) is 7.96. The van der Waals surface area contributed by atoms with E-state index in [1.54, 1.807) is 19.3 Å². The number of benzene rings is 2. The molecule has 2 heterocycles. The predicted octanol–water partition coefficient (Wildman–Crippen LogP) is 5.50. The number of ether oxygens (including phenoxy) is 1. The number of para-hydroxylation sites is 2. The molecule has 7 heteroatoms. The van der Waals surface area contributed by atoms with Crippen LogP contribution in [0.2, 0.25) is 5.02 Å². The Balaban J connectivity index is 1.56. The van der Waals surface area contributed by atoms with Gasteiger partial charge in [0.1, 0.15) is 23.0 Å². The molecule has 1 fully saturated rings. The first-order chi connectivity index (χ1) is 13.6. The number of thioether (sulfide) groups is 1. The van der Waals surface area contributed by atoms with E-state index in [-0.39, 0.29) is 5.91 Å². The van der Waals surface area contributed by atoms with Gasteiger partial charge in [0.2, 0.25) is 0 Å². The van der Waals surface area contributed by atoms with Gasteiger partial charge in [0.05, 0.1) is 12.0 Å². The van der Waals surface area contributed by atoms with Crippen molar-refractivity contribution in [1.82, 2.24) is 5.32 Å². The number of furan rings is 1. The minimum atomic E-state index is -0.223. The van der Waals surface area contributed by atoms with Crippen molar-refractivity contribution in [3.05, 3.63) is 76.4 Å². The molecule has 0 radical (unpaired) electrons. The Kier molecular flexibility index (Phi) is 5.23. The van der Waals surface area contributed by atoms with Gasteiger partial charge in [0.25, 0.3) is 5.91 Å². The lowest BCUT2D eigenvalue weighted by Gasteiger charge is -2.03. The molecule has 0 atom stereocenters. The maximum atomic E-state index is 12.3. The minimum Gasteiger partial charge on any atom is -0.494 e. The van der Waals surface area contributed by atoms with Crippen molar-refractivity contribution >= 4 is 46.2 Å². The van der Waals surface area contributed by atoms with Gasteiger partial charge in [-0.05, 0) is 48.2 Å². The fraction of sp³-hybridized carbons (Fsp3) is 0.0476. The van der Waals surface area contributed by atoms with Gasteiger partial charge in [-0.1, -0.05) is 35.9 Å². The third-order valence-corrected chi connectivity index (χ3v) is 5.11. The van der Waals surface area contributed by atoms with Gasteiger partial charge < -0.3 is 14.5 Å². The van der Waals surface area contributed by atoms with Crippen molar-refractivity contribution in [2.45, 2.75) is 0 Å². The zero-order valence-corrected chi connectivity index (χ0v) is 16.4. The molecule has 0 aliphatic carbocycles. The zero-order valence-electron chi connectivity index (χ0n) is 14.8. The summed E-state index contributed by atoms with van der Waals surface area (Å²) in [7, 11) is 1.58. The maximum Gasteiger partial charge on any atom is 0.264 e. The molecular weight excluding hydrogens is 396 g/mol. The molecule has 5 nitrogen and oxygen atoms in total. The molecule has 2 aromatic carbocycles. The number of hydrogen-bond donors (Lipinski definition) is 1. The molecule has 140 valence electrons. The van der Waals surface area contributed by atoms with Crippen LogP contribution in [0.1, 0.15) is 5.76 Å². The van der Waals surface area contributed by atoms with Gasteiger partial charge >= 0.3 is 0 Å². The Bertz CT molecular complexity index is 1100. The molecule has 0 bridgehead atoms. The second-order valence-electron chi connectivity index (χ2n) is 5.87. The van der Waals surface area contributed by atoms with Crippen LogP contribution >= 0.6 is 23.4 Å². The predicted molar refractivity (Wildman–Crippen MR) is 113 cm³/mol. The summed E-state index contributed by atoms with van der Waals surface area (Å²) in [6, 6.07) is 18.4. The third-order valence-electron chi connectivity index (χ3n) is 3.97. The molecule has 1 amide bonds. The average molecular weight is 411 g/mol. The molecule has 4 rings (SSSR count). The van der Waals surface area contributed by atoms with Crippen LogP contribution in [-0.4, -0.2) is 18.2 Å². The second-order valence-corrected chi connectivity index (χ2v) is 7.33. The summed E-state index contributed by atoms with van der Waals surface area (Å²) < 4.78 is 11.1. The van der Waals surface area contributed by atoms with Crippen molar-refractivity contribution in [2.75, 3.05) is 7.11 Å². The average Bonchev–Trinajstić information content (AvgIpc) is 3.29. The number of halogens is 1. The summed E-state index contributed by atoms with van der Waals surface area (Å²) in [4.78, 5) is 17.3. The number of carbonyl (C=O) groups excluding carboxylic acids is 1. The van der Waals surface area contributed by atoms with Crippen LogP contribution < -0.4 is 10.1 Å². The van der Waals surface area contributed by atoms with Crippen LogP contribution in [0.25, 0.3) is 17.4 Å². The summed E-state index contributed by atoms with van der Waals surface area (Å²) in [5.74, 6) is 1.67. The van der Waals surface area contributed by atoms with E-state index < -0.39 is 0 Å². The number of methoxy groups -OCH3 is 1. The van der Waals surface area contributed by atoms with Crippen LogP contribution in [0.15, 0.2) is 75.0 Å². The molecular formula is C21H15ClN2O3S. The Hall–Kier alpha value is -2.96. The molecule has 1 aliphatic rings. The number of carbonyl (C=O) groups is 1. The monoisotopic (exact) mass is 410 g/mol. The first kappa shape index (κ1) is 18.4. The number of amides is 1. The summed E-state index contributed by atoms with van der Waals surface area (Å²) in [6.07, 6.45) is 1.69. The Morgan fingerprint density at radius 3 is 2.82 bits per heavy atom. The first-order valence-electron chi connectivity index (χ1n) is 8.41. The van der Waals surface area contributed by atoms with Crippen molar-refractivity contribution in [3.63, 3.8) is 0 Å². The highest BCUT2D eigenvalue weighted by Gasteiger charge is 2.24. The first-order valence-corrected chi connectivity index (χ1v) is 9.60. The van der Waals surface area contributed by atoms with E-state index in [2.05, 4.69) is 10.3 Å². The number of nitrogens with one attached hydrogen (secondary N) is 1. The van der Waals surface area contributed by atoms with Crippen molar-refractivity contribution in [2.24, 2.45) is 4.99 Å². The lowest BCUT2D eigenvalue weighted by Crippen LogP contribution is -2.19. The van der Waals surface area contributed by atoms with Gasteiger partial charge in [-0.15, -0.1) is 0 Å². The molecule has 0 saturated carbocycles. The van der Waals surface area contributed by atoms with Crippen LogP contribution in [0, 0.1) is 0 Å². The highest BCUT2D eigenvalue weighted by Crippen LogP contribution is 2.33. The smallest absolute Gasteiger partial charge is 0.264 e. The lowest BCUT2D eigenvalue weighted by molar-refractivity contribution is -0.115. The molecule has 3 aromatic rings. The molecule has 1 aliphatic heterocycles. The molecule has 0 spiro atoms. The fourth-order valence-corrected chi connectivity index (χ4v) is 3.67. The molecule has 1 saturated heterocycles. The summed E-state index contributed by atoms with van der Waals surface area (Å²) in [5.41, 5.74) is 1.52. The van der Waals surface area contributed by atoms with Gasteiger partial charge in [-0.3, -0.25) is 4.79 Å². The summed E-state index contributed by atoms with van der Waals surface area (Å²) in [5, 5.41) is 3.89. The summed E-state index contributed by atoms with van der Waals surface area (Å²) >= 11 is 7.28. The fourth-order valence-electron chi connectivity index (χ4n) is 2.67. The SMILES string of the molecule is COc1ccccc1N=C1NC(=O)/C(=C\c2ccc(-c3cccc(Cl)c3)o2)S1. The van der Waals surface area contributed by atoms with E-state index >= 15 is 0 Å². The van der Waals surface area contributed by atoms with Gasteiger partial charge in [0.15, 0.2) is 5.17 Å². The normalized spacial score (nSPS) is 16.6. The Morgan fingerprint density at radius 2 is 2.00 bits per heavy atom. The van der Waals surface area contributed by atoms with Crippen LogP contribution in [0.5, 0.6) is 5.75 Å². The number of hydrogen-bond acceptors (Lipinski definition) is 5. The number of nitrogens with zero attached hydrogens (tertiary/aromatic N) is 1. The quantitative estimate of drug-likeness (QED) is 0.577. The molecule has 1 aromatic heterocycles. The van der Waals surface area contributed by atoms with Gasteiger partial charge in [-0.2, -0.15) is 0 Å². The Labute approximate surface area is 171 Å². The minimum absolute atomic E-state index is 0.223. The van der Waals surface area contributed by atoms with E-state index in [0.29, 0.717) is 38.1 Å². The highest BCUT2D eigenvalue weighted by atomic mass is 35.5. The van der Waals surface area contributed by atoms with Crippen LogP contribution in [0.4, 0.5) is 5.69 Å². The van der Waals surface area contributed by atoms with Gasteiger partial charge in [-0.25, -0.2) is 4.99 Å². The topological polar surface area (TPSA) is 63.8 Å². The number of rotatable bonds is 4. The highest BCUT2D eigenvalue weighted by molar-refractivity contribution is 8.18. The zero-order chi connectivity index (χ0) is 19.5. The van der Waals surface area contributed by atoms with Crippen molar-refractivity contribution < 1.29 is 13.9 Å². The molecule has 0 unspecified atom stereocenters. The van der Waals surface area contributed by atoms with E-state index in [9.17, 15) is 4.79 Å². The standard InChI is InChI=1S/C21H15ClN2O3S/c1-26-18-8-3-2-7-16(18)23-21-24-20(25)19(28-21)12-15-9-10-17(27-15)13-5-4-6-14(22)11-13/h2-12H,1H3,(H,23,24,25)/b19-12+. The van der Waals surface area contributed by atoms with Gasteiger partial charge in [0, 0.05) is 16.7 Å². The number of aliphatic imine (C=N–C) groups is 1. The largest absolute Gasteiger partial charge is 0.494 e. The number of amidine groups is 1. The van der Waals surface area contributed by atoms with Crippen LogP contribution in [0.3, 0.4) is 0 Å². The molecule has 1 N–H and O–H groups in total. The van der Waals surface area contributed by atoms with E-state index in [1.807, 2.05) is 54.6 Å². The van der Waals surface area contributed by atoms with Crippen molar-refractivity contribution in [3.8, 4) is 17.1 Å².